The largest absolute Gasteiger partial charge is 0.487 e. The van der Waals surface area contributed by atoms with Crippen LogP contribution in [0.3, 0.4) is 0 Å². The first-order valence-electron chi connectivity index (χ1n) is 17.8. The number of H-pyrrole nitrogens is 1. The number of aromatic nitrogens is 3. The van der Waals surface area contributed by atoms with Crippen molar-refractivity contribution in [3.05, 3.63) is 40.7 Å². The number of carbonyl (C=O) groups is 1. The molecule has 3 atom stereocenters. The molecule has 10 heteroatoms. The first-order chi connectivity index (χ1) is 22.0. The molecule has 3 heterocycles. The Kier molecular flexibility index (Phi) is 11.4. The van der Waals surface area contributed by atoms with Gasteiger partial charge in [0.1, 0.15) is 18.1 Å². The van der Waals surface area contributed by atoms with Crippen molar-refractivity contribution in [2.75, 3.05) is 26.2 Å². The third-order valence-corrected chi connectivity index (χ3v) is 10.9. The molecular weight excluding hydrogens is 566 g/mol. The standard InChI is InChI=1S/C35H55N7O3/c1-25-32-16-17-41(22-27(32)13-14-33(25)45-24-29-20-37-40-39-29)23-31(43)21-36-35(44)26-15-18-42(34(19-26)38-28-9-8-10-28)30-11-6-4-2-3-5-7-12-30/h13-14,20,26,28,30-31,34,38,43H,2-12,15-19,21-24H2,1H3,(H,36,44)(H,37,39,40)/t26?,31-,34?/m0/s1. The Morgan fingerprint density at radius 1 is 1.07 bits per heavy atom. The number of piperidine rings is 1. The summed E-state index contributed by atoms with van der Waals surface area (Å²) < 4.78 is 6.00. The van der Waals surface area contributed by atoms with Gasteiger partial charge in [0, 0.05) is 50.7 Å². The number of rotatable bonds is 11. The predicted octanol–water partition coefficient (Wildman–Crippen LogP) is 4.21. The number of nitrogens with one attached hydrogen (secondary N) is 3. The van der Waals surface area contributed by atoms with E-state index in [0.717, 1.165) is 50.3 Å². The summed E-state index contributed by atoms with van der Waals surface area (Å²) >= 11 is 0. The molecule has 2 aliphatic carbocycles. The number of likely N-dealkylation sites (tertiary alicyclic amines) is 1. The lowest BCUT2D eigenvalue weighted by Crippen LogP contribution is -2.59. The summed E-state index contributed by atoms with van der Waals surface area (Å²) in [5.74, 6) is 0.998. The number of aliphatic hydroxyl groups excluding tert-OH is 1. The second-order valence-corrected chi connectivity index (χ2v) is 14.1. The fraction of sp³-hybridized carbons (Fsp3) is 0.743. The Labute approximate surface area is 269 Å². The smallest absolute Gasteiger partial charge is 0.223 e. The van der Waals surface area contributed by atoms with Crippen LogP contribution in [0.25, 0.3) is 0 Å². The summed E-state index contributed by atoms with van der Waals surface area (Å²) in [5, 5.41) is 28.6. The molecular formula is C35H55N7O3. The van der Waals surface area contributed by atoms with E-state index in [2.05, 4.69) is 48.8 Å². The molecule has 3 fully saturated rings. The molecule has 1 amide bonds. The van der Waals surface area contributed by atoms with E-state index in [1.54, 1.807) is 6.20 Å². The van der Waals surface area contributed by atoms with Crippen LogP contribution >= 0.6 is 0 Å². The van der Waals surface area contributed by atoms with Gasteiger partial charge in [-0.1, -0.05) is 51.0 Å². The molecule has 45 heavy (non-hydrogen) atoms. The highest BCUT2D eigenvalue weighted by Gasteiger charge is 2.37. The third kappa shape index (κ3) is 8.64. The SMILES string of the molecule is Cc1c(OCc2cn[nH]n2)ccc2c1CCN(C[C@@H](O)CNC(=O)C1CCN(C3CCCCCCCC3)C(NC3CCC3)C1)C2. The minimum absolute atomic E-state index is 0.00732. The quantitative estimate of drug-likeness (QED) is 0.295. The van der Waals surface area contributed by atoms with Crippen LogP contribution in [0.1, 0.15) is 106 Å². The summed E-state index contributed by atoms with van der Waals surface area (Å²) in [6.07, 6.45) is 18.7. The molecule has 1 saturated heterocycles. The summed E-state index contributed by atoms with van der Waals surface area (Å²) in [6.45, 7) is 6.02. The average molecular weight is 622 g/mol. The van der Waals surface area contributed by atoms with Crippen LogP contribution in [0.5, 0.6) is 5.75 Å². The number of amides is 1. The third-order valence-electron chi connectivity index (χ3n) is 10.9. The molecule has 248 valence electrons. The number of hydrogen-bond donors (Lipinski definition) is 4. The predicted molar refractivity (Wildman–Crippen MR) is 175 cm³/mol. The first kappa shape index (κ1) is 32.4. The fourth-order valence-corrected chi connectivity index (χ4v) is 7.97. The normalized spacial score (nSPS) is 24.9. The van der Waals surface area contributed by atoms with E-state index in [9.17, 15) is 9.90 Å². The van der Waals surface area contributed by atoms with E-state index in [4.69, 9.17) is 4.74 Å². The molecule has 2 unspecified atom stereocenters. The van der Waals surface area contributed by atoms with Crippen LogP contribution in [0, 0.1) is 12.8 Å². The molecule has 2 aromatic rings. The maximum Gasteiger partial charge on any atom is 0.223 e. The summed E-state index contributed by atoms with van der Waals surface area (Å²) in [5.41, 5.74) is 4.55. The number of ether oxygens (including phenoxy) is 1. The Balaban J connectivity index is 0.970. The van der Waals surface area contributed by atoms with E-state index in [-0.39, 0.29) is 11.8 Å². The summed E-state index contributed by atoms with van der Waals surface area (Å²) in [6, 6.07) is 5.42. The molecule has 0 radical (unpaired) electrons. The van der Waals surface area contributed by atoms with Crippen molar-refractivity contribution in [1.29, 1.82) is 0 Å². The van der Waals surface area contributed by atoms with Gasteiger partial charge in [0.15, 0.2) is 0 Å². The van der Waals surface area contributed by atoms with Gasteiger partial charge in [0.25, 0.3) is 0 Å². The highest BCUT2D eigenvalue weighted by Crippen LogP contribution is 2.32. The van der Waals surface area contributed by atoms with E-state index in [1.807, 2.05) is 6.07 Å². The number of benzene rings is 1. The van der Waals surface area contributed by atoms with Crippen molar-refractivity contribution < 1.29 is 14.6 Å². The van der Waals surface area contributed by atoms with Crippen molar-refractivity contribution in [2.45, 2.75) is 134 Å². The Morgan fingerprint density at radius 2 is 1.87 bits per heavy atom. The number of β-amino-alcohol motifs (C(OH)–C–C–N with tert-alkyl or cyclic N) is 1. The van der Waals surface area contributed by atoms with Crippen LogP contribution < -0.4 is 15.4 Å². The van der Waals surface area contributed by atoms with E-state index >= 15 is 0 Å². The number of carbonyl (C=O) groups excluding carboxylic acids is 1. The molecule has 0 bridgehead atoms. The molecule has 6 rings (SSSR count). The van der Waals surface area contributed by atoms with Gasteiger partial charge >= 0.3 is 0 Å². The molecule has 1 aromatic carbocycles. The van der Waals surface area contributed by atoms with Crippen LogP contribution in [-0.2, 0) is 24.4 Å². The molecule has 10 nitrogen and oxygen atoms in total. The lowest BCUT2D eigenvalue weighted by Gasteiger charge is -2.46. The van der Waals surface area contributed by atoms with Gasteiger partial charge in [-0.15, -0.1) is 0 Å². The zero-order valence-electron chi connectivity index (χ0n) is 27.3. The zero-order chi connectivity index (χ0) is 31.0. The zero-order valence-corrected chi connectivity index (χ0v) is 27.3. The van der Waals surface area contributed by atoms with Crippen molar-refractivity contribution in [3.8, 4) is 5.75 Å². The highest BCUT2D eigenvalue weighted by molar-refractivity contribution is 5.78. The monoisotopic (exact) mass is 621 g/mol. The van der Waals surface area contributed by atoms with E-state index < -0.39 is 6.10 Å². The summed E-state index contributed by atoms with van der Waals surface area (Å²) in [7, 11) is 0. The Hall–Kier alpha value is -2.53. The van der Waals surface area contributed by atoms with Gasteiger partial charge in [-0.25, -0.2) is 0 Å². The Morgan fingerprint density at radius 3 is 2.60 bits per heavy atom. The average Bonchev–Trinajstić information content (AvgIpc) is 3.59. The van der Waals surface area contributed by atoms with Crippen LogP contribution in [-0.4, -0.2) is 86.8 Å². The van der Waals surface area contributed by atoms with Crippen molar-refractivity contribution in [1.82, 2.24) is 35.8 Å². The van der Waals surface area contributed by atoms with Crippen molar-refractivity contribution in [3.63, 3.8) is 0 Å². The minimum atomic E-state index is -0.593. The minimum Gasteiger partial charge on any atom is -0.487 e. The van der Waals surface area contributed by atoms with Crippen LogP contribution in [0.2, 0.25) is 0 Å². The lowest BCUT2D eigenvalue weighted by molar-refractivity contribution is -0.128. The van der Waals surface area contributed by atoms with Gasteiger partial charge in [0.05, 0.1) is 18.5 Å². The van der Waals surface area contributed by atoms with Crippen molar-refractivity contribution >= 4 is 5.91 Å². The molecule has 0 spiro atoms. The van der Waals surface area contributed by atoms with E-state index in [0.29, 0.717) is 37.9 Å². The van der Waals surface area contributed by atoms with Gasteiger partial charge in [-0.2, -0.15) is 15.4 Å². The highest BCUT2D eigenvalue weighted by atomic mass is 16.5. The van der Waals surface area contributed by atoms with Gasteiger partial charge in [-0.05, 0) is 74.6 Å². The van der Waals surface area contributed by atoms with Gasteiger partial charge < -0.3 is 15.2 Å². The lowest BCUT2D eigenvalue weighted by atomic mass is 9.87. The van der Waals surface area contributed by atoms with Crippen molar-refractivity contribution in [2.24, 2.45) is 5.92 Å². The number of hydrogen-bond acceptors (Lipinski definition) is 8. The number of nitrogens with zero attached hydrogens (tertiary/aromatic N) is 4. The molecule has 1 aromatic heterocycles. The number of fused-ring (bicyclic) bond motifs is 1. The van der Waals surface area contributed by atoms with Gasteiger partial charge in [-0.3, -0.25) is 19.9 Å². The maximum atomic E-state index is 13.4. The van der Waals surface area contributed by atoms with Crippen LogP contribution in [0.4, 0.5) is 0 Å². The van der Waals surface area contributed by atoms with E-state index in [1.165, 1.54) is 87.3 Å². The number of aromatic amines is 1. The van der Waals surface area contributed by atoms with Crippen LogP contribution in [0.15, 0.2) is 18.3 Å². The Bertz CT molecular complexity index is 1210. The molecule has 4 N–H and O–H groups in total. The summed E-state index contributed by atoms with van der Waals surface area (Å²) in [4.78, 5) is 18.4. The molecule has 2 aliphatic heterocycles. The topological polar surface area (TPSA) is 119 Å². The first-order valence-corrected chi connectivity index (χ1v) is 17.8. The van der Waals surface area contributed by atoms with Gasteiger partial charge in [0.2, 0.25) is 5.91 Å². The number of aliphatic hydroxyl groups is 1. The molecule has 4 aliphatic rings. The second-order valence-electron chi connectivity index (χ2n) is 14.1. The second kappa shape index (κ2) is 15.8. The fourth-order valence-electron chi connectivity index (χ4n) is 7.97. The maximum absolute atomic E-state index is 13.4. The molecule has 2 saturated carbocycles.